The third kappa shape index (κ3) is 10.6. The summed E-state index contributed by atoms with van der Waals surface area (Å²) >= 11 is 0. The summed E-state index contributed by atoms with van der Waals surface area (Å²) in [6, 6.07) is 0. The molecule has 0 saturated heterocycles. The molecule has 15 heavy (non-hydrogen) atoms. The number of terminal acetylenes is 1. The first-order chi connectivity index (χ1) is 5.43. The number of allylic oxidation sites excluding steroid dienone is 2. The van der Waals surface area contributed by atoms with Gasteiger partial charge in [0, 0.05) is 6.42 Å². The second kappa shape index (κ2) is 15.1. The summed E-state index contributed by atoms with van der Waals surface area (Å²) in [5, 5.41) is 0. The fraction of sp³-hybridized carbons (Fsp3) is 0.333. The van der Waals surface area contributed by atoms with Crippen molar-refractivity contribution in [2.75, 3.05) is 6.61 Å². The van der Waals surface area contributed by atoms with Crippen LogP contribution >= 0.6 is 0 Å². The van der Waals surface area contributed by atoms with Crippen LogP contribution in [0.25, 0.3) is 0 Å². The Hall–Kier alpha value is -1.36. The van der Waals surface area contributed by atoms with Crippen molar-refractivity contribution in [1.82, 2.24) is 0 Å². The van der Waals surface area contributed by atoms with E-state index in [1.165, 1.54) is 0 Å². The van der Waals surface area contributed by atoms with Gasteiger partial charge >= 0.3 is 0 Å². The van der Waals surface area contributed by atoms with Gasteiger partial charge in [-0.05, 0) is 12.2 Å². The van der Waals surface area contributed by atoms with Crippen molar-refractivity contribution in [2.45, 2.75) is 12.7 Å². The van der Waals surface area contributed by atoms with Gasteiger partial charge < -0.3 is 31.4 Å². The second-order valence-corrected chi connectivity index (χ2v) is 2.04. The Kier molecular flexibility index (Phi) is 23.7. The predicted octanol–water partition coefficient (Wildman–Crippen LogP) is -1.85. The summed E-state index contributed by atoms with van der Waals surface area (Å²) in [7, 11) is 0. The molecule has 0 bridgehead atoms. The zero-order valence-corrected chi connectivity index (χ0v) is 8.19. The topological polar surface area (TPSA) is 144 Å². The molecule has 0 fully saturated rings. The Morgan fingerprint density at radius 2 is 1.87 bits per heavy atom. The van der Waals surface area contributed by atoms with Gasteiger partial charge in [-0.15, -0.1) is 12.3 Å². The third-order valence-corrected chi connectivity index (χ3v) is 1.20. The Labute approximate surface area is 88.4 Å². The lowest BCUT2D eigenvalue weighted by Crippen LogP contribution is -2.13. The molecule has 6 heteroatoms. The van der Waals surface area contributed by atoms with E-state index in [4.69, 9.17) is 15.9 Å². The highest BCUT2D eigenvalue weighted by molar-refractivity contribution is 5.05. The molecule has 0 radical (unpaired) electrons. The lowest BCUT2D eigenvalue weighted by atomic mass is 10.4. The maximum atomic E-state index is 5.22. The zero-order valence-electron chi connectivity index (χ0n) is 8.19. The Morgan fingerprint density at radius 3 is 2.33 bits per heavy atom. The molecule has 0 aromatic rings. The number of hydrogen-bond acceptors (Lipinski definition) is 2. The van der Waals surface area contributed by atoms with E-state index in [-0.39, 0.29) is 28.2 Å². The Morgan fingerprint density at radius 1 is 1.20 bits per heavy atom. The highest BCUT2D eigenvalue weighted by atomic mass is 16.7. The average Bonchev–Trinajstić information content (AvgIpc) is 2.07. The summed E-state index contributed by atoms with van der Waals surface area (Å²) < 4.78 is 10.3. The van der Waals surface area contributed by atoms with E-state index in [1.807, 2.05) is 12.2 Å². The van der Waals surface area contributed by atoms with Crippen LogP contribution in [0.1, 0.15) is 6.42 Å². The molecule has 6 nitrogen and oxygen atoms in total. The van der Waals surface area contributed by atoms with Crippen LogP contribution in [0, 0.1) is 12.3 Å². The molecule has 1 atom stereocenters. The van der Waals surface area contributed by atoms with Crippen molar-refractivity contribution in [3.8, 4) is 12.3 Å². The minimum Gasteiger partial charge on any atom is -0.469 e. The van der Waals surface area contributed by atoms with Crippen molar-refractivity contribution < 1.29 is 31.4 Å². The predicted molar refractivity (Wildman–Crippen MR) is 57.0 cm³/mol. The summed E-state index contributed by atoms with van der Waals surface area (Å²) in [5.41, 5.74) is 0. The third-order valence-electron chi connectivity index (χ3n) is 1.20. The van der Waals surface area contributed by atoms with Crippen LogP contribution in [0.4, 0.5) is 0 Å². The van der Waals surface area contributed by atoms with Gasteiger partial charge in [0.1, 0.15) is 0 Å². The standard InChI is InChI=1S/C9H10O2.4H2O/c1-2-3-7-10-9-6-4-5-8-11-9;;;;/h1,4-6,8-9H,3,7H2;4*1H2. The molecule has 1 unspecified atom stereocenters. The average molecular weight is 222 g/mol. The van der Waals surface area contributed by atoms with Crippen molar-refractivity contribution in [3.05, 3.63) is 24.5 Å². The number of ether oxygens (including phenoxy) is 2. The van der Waals surface area contributed by atoms with Crippen LogP contribution in [0.15, 0.2) is 24.5 Å². The largest absolute Gasteiger partial charge is 0.469 e. The lowest BCUT2D eigenvalue weighted by molar-refractivity contribution is -0.0719. The smallest absolute Gasteiger partial charge is 0.219 e. The van der Waals surface area contributed by atoms with E-state index >= 15 is 0 Å². The molecule has 0 amide bonds. The van der Waals surface area contributed by atoms with Gasteiger partial charge in [0.05, 0.1) is 12.9 Å². The van der Waals surface area contributed by atoms with Gasteiger partial charge in [0.15, 0.2) is 0 Å². The van der Waals surface area contributed by atoms with Crippen molar-refractivity contribution in [2.24, 2.45) is 0 Å². The molecule has 90 valence electrons. The van der Waals surface area contributed by atoms with E-state index in [2.05, 4.69) is 5.92 Å². The summed E-state index contributed by atoms with van der Waals surface area (Å²) in [4.78, 5) is 0. The molecule has 1 heterocycles. The van der Waals surface area contributed by atoms with Crippen LogP contribution in [-0.2, 0) is 9.47 Å². The van der Waals surface area contributed by atoms with Gasteiger partial charge in [0.25, 0.3) is 0 Å². The van der Waals surface area contributed by atoms with Crippen LogP contribution < -0.4 is 0 Å². The van der Waals surface area contributed by atoms with Crippen LogP contribution in [0.5, 0.6) is 0 Å². The molecule has 0 spiro atoms. The minimum atomic E-state index is -0.256. The molecule has 0 aliphatic carbocycles. The van der Waals surface area contributed by atoms with E-state index in [1.54, 1.807) is 12.3 Å². The highest BCUT2D eigenvalue weighted by Crippen LogP contribution is 2.03. The normalized spacial score (nSPS) is 15.3. The van der Waals surface area contributed by atoms with Gasteiger partial charge in [-0.2, -0.15) is 0 Å². The van der Waals surface area contributed by atoms with Gasteiger partial charge in [0.2, 0.25) is 6.29 Å². The molecule has 1 aliphatic heterocycles. The first kappa shape index (κ1) is 23.5. The SMILES string of the molecule is C#CCCOC1C=CC=CO1.O.O.O.O. The molecule has 1 rings (SSSR count). The first-order valence-corrected chi connectivity index (χ1v) is 3.47. The minimum absolute atomic E-state index is 0. The van der Waals surface area contributed by atoms with Gasteiger partial charge in [-0.3, -0.25) is 0 Å². The van der Waals surface area contributed by atoms with Crippen molar-refractivity contribution in [1.29, 1.82) is 0 Å². The fourth-order valence-electron chi connectivity index (χ4n) is 0.697. The quantitative estimate of drug-likeness (QED) is 0.408. The maximum Gasteiger partial charge on any atom is 0.219 e. The first-order valence-electron chi connectivity index (χ1n) is 3.47. The second-order valence-electron chi connectivity index (χ2n) is 2.04. The van der Waals surface area contributed by atoms with Crippen molar-refractivity contribution >= 4 is 0 Å². The van der Waals surface area contributed by atoms with Gasteiger partial charge in [-0.25, -0.2) is 0 Å². The maximum absolute atomic E-state index is 5.22. The zero-order chi connectivity index (χ0) is 7.94. The monoisotopic (exact) mass is 222 g/mol. The number of hydrogen-bond donors (Lipinski definition) is 0. The molecule has 1 aliphatic rings. The highest BCUT2D eigenvalue weighted by Gasteiger charge is 2.03. The fourth-order valence-corrected chi connectivity index (χ4v) is 0.697. The van der Waals surface area contributed by atoms with E-state index in [9.17, 15) is 0 Å². The summed E-state index contributed by atoms with van der Waals surface area (Å²) in [6.07, 6.45) is 12.5. The summed E-state index contributed by atoms with van der Waals surface area (Å²) in [5.74, 6) is 2.48. The molecule has 0 saturated carbocycles. The molecular weight excluding hydrogens is 204 g/mol. The number of rotatable bonds is 3. The van der Waals surface area contributed by atoms with Crippen LogP contribution in [-0.4, -0.2) is 34.8 Å². The molecule has 0 aromatic carbocycles. The van der Waals surface area contributed by atoms with Gasteiger partial charge in [-0.1, -0.05) is 6.08 Å². The van der Waals surface area contributed by atoms with Crippen LogP contribution in [0.2, 0.25) is 0 Å². The van der Waals surface area contributed by atoms with E-state index in [0.29, 0.717) is 13.0 Å². The molecule has 0 aromatic heterocycles. The summed E-state index contributed by atoms with van der Waals surface area (Å²) in [6.45, 7) is 0.541. The molecule has 8 N–H and O–H groups in total. The van der Waals surface area contributed by atoms with Crippen molar-refractivity contribution in [3.63, 3.8) is 0 Å². The lowest BCUT2D eigenvalue weighted by Gasteiger charge is -2.14. The van der Waals surface area contributed by atoms with Crippen LogP contribution in [0.3, 0.4) is 0 Å². The van der Waals surface area contributed by atoms with E-state index < -0.39 is 0 Å². The molecular formula is C9H18O6. The Bertz CT molecular complexity index is 205. The Balaban J connectivity index is -0.000000151. The van der Waals surface area contributed by atoms with E-state index in [0.717, 1.165) is 0 Å².